The van der Waals surface area contributed by atoms with Crippen LogP contribution >= 0.6 is 0 Å². The highest BCUT2D eigenvalue weighted by atomic mass is 16.5. The van der Waals surface area contributed by atoms with Crippen molar-refractivity contribution in [3.05, 3.63) is 36.4 Å². The smallest absolute Gasteiger partial charge is 0.256 e. The Kier molecular flexibility index (Phi) is 5.28. The highest BCUT2D eigenvalue weighted by molar-refractivity contribution is 6.06. The van der Waals surface area contributed by atoms with E-state index < -0.39 is 5.60 Å². The van der Waals surface area contributed by atoms with Crippen molar-refractivity contribution in [3.63, 3.8) is 0 Å². The molecule has 4 nitrogen and oxygen atoms in total. The first-order chi connectivity index (χ1) is 12.1. The molecule has 25 heavy (non-hydrogen) atoms. The number of rotatable bonds is 5. The number of hydrogen-bond donors (Lipinski definition) is 1. The number of benzene rings is 2. The van der Waals surface area contributed by atoms with Gasteiger partial charge in [-0.25, -0.2) is 0 Å². The molecule has 2 aromatic carbocycles. The zero-order valence-corrected chi connectivity index (χ0v) is 15.3. The van der Waals surface area contributed by atoms with Gasteiger partial charge in [-0.2, -0.15) is 0 Å². The number of anilines is 1. The molecule has 1 amide bonds. The van der Waals surface area contributed by atoms with Crippen LogP contribution in [-0.4, -0.2) is 25.2 Å². The van der Waals surface area contributed by atoms with Crippen LogP contribution in [0.5, 0.6) is 5.75 Å². The first kappa shape index (κ1) is 17.7. The Morgan fingerprint density at radius 3 is 2.48 bits per heavy atom. The molecule has 0 unspecified atom stereocenters. The summed E-state index contributed by atoms with van der Waals surface area (Å²) in [6, 6.07) is 11.8. The molecule has 3 rings (SSSR count). The SMILES string of the molecule is CCOC1(C(=O)Nc2ccc(OC)c3ccccc23)CCC(C)CC1. The lowest BCUT2D eigenvalue weighted by molar-refractivity contribution is -0.146. The molecule has 1 fully saturated rings. The Morgan fingerprint density at radius 2 is 1.84 bits per heavy atom. The monoisotopic (exact) mass is 341 g/mol. The first-order valence-electron chi connectivity index (χ1n) is 9.11. The van der Waals surface area contributed by atoms with Gasteiger partial charge in [-0.1, -0.05) is 31.2 Å². The molecule has 0 aromatic heterocycles. The van der Waals surface area contributed by atoms with Crippen LogP contribution in [0.1, 0.15) is 39.5 Å². The van der Waals surface area contributed by atoms with E-state index in [1.165, 1.54) is 0 Å². The maximum absolute atomic E-state index is 13.1. The maximum Gasteiger partial charge on any atom is 0.256 e. The van der Waals surface area contributed by atoms with Crippen molar-refractivity contribution in [1.29, 1.82) is 0 Å². The fourth-order valence-corrected chi connectivity index (χ4v) is 3.74. The molecule has 0 radical (unpaired) electrons. The number of nitrogens with one attached hydrogen (secondary N) is 1. The number of hydrogen-bond acceptors (Lipinski definition) is 3. The van der Waals surface area contributed by atoms with Crippen molar-refractivity contribution < 1.29 is 14.3 Å². The average molecular weight is 341 g/mol. The summed E-state index contributed by atoms with van der Waals surface area (Å²) in [5.41, 5.74) is 0.0987. The van der Waals surface area contributed by atoms with Gasteiger partial charge >= 0.3 is 0 Å². The zero-order chi connectivity index (χ0) is 17.9. The Labute approximate surface area is 149 Å². The van der Waals surface area contributed by atoms with Crippen molar-refractivity contribution in [2.24, 2.45) is 5.92 Å². The van der Waals surface area contributed by atoms with Gasteiger partial charge in [0.15, 0.2) is 0 Å². The van der Waals surface area contributed by atoms with Gasteiger partial charge in [0, 0.05) is 23.1 Å². The van der Waals surface area contributed by atoms with E-state index in [0.717, 1.165) is 47.9 Å². The lowest BCUT2D eigenvalue weighted by Crippen LogP contribution is -2.48. The topological polar surface area (TPSA) is 47.6 Å². The average Bonchev–Trinajstić information content (AvgIpc) is 2.64. The first-order valence-corrected chi connectivity index (χ1v) is 9.11. The molecule has 1 N–H and O–H groups in total. The molecule has 0 aliphatic heterocycles. The molecule has 1 aliphatic rings. The summed E-state index contributed by atoms with van der Waals surface area (Å²) in [6.07, 6.45) is 3.61. The molecule has 0 saturated heterocycles. The van der Waals surface area contributed by atoms with Crippen molar-refractivity contribution in [2.75, 3.05) is 19.0 Å². The van der Waals surface area contributed by atoms with E-state index >= 15 is 0 Å². The predicted molar refractivity (Wildman–Crippen MR) is 101 cm³/mol. The molecule has 1 aliphatic carbocycles. The molecule has 1 saturated carbocycles. The Bertz CT molecular complexity index is 748. The fraction of sp³-hybridized carbons (Fsp3) is 0.476. The fourth-order valence-electron chi connectivity index (χ4n) is 3.74. The second-order valence-electron chi connectivity index (χ2n) is 6.92. The van der Waals surface area contributed by atoms with Crippen LogP contribution in [0.3, 0.4) is 0 Å². The van der Waals surface area contributed by atoms with E-state index in [9.17, 15) is 4.79 Å². The van der Waals surface area contributed by atoms with Crippen molar-refractivity contribution in [2.45, 2.75) is 45.1 Å². The largest absolute Gasteiger partial charge is 0.496 e. The zero-order valence-electron chi connectivity index (χ0n) is 15.3. The lowest BCUT2D eigenvalue weighted by Gasteiger charge is -2.37. The lowest BCUT2D eigenvalue weighted by atomic mass is 9.78. The summed E-state index contributed by atoms with van der Waals surface area (Å²) in [5.74, 6) is 1.43. The second kappa shape index (κ2) is 7.44. The highest BCUT2D eigenvalue weighted by Crippen LogP contribution is 2.37. The third-order valence-corrected chi connectivity index (χ3v) is 5.27. The number of methoxy groups -OCH3 is 1. The van der Waals surface area contributed by atoms with E-state index in [1.807, 2.05) is 43.3 Å². The minimum atomic E-state index is -0.706. The Hall–Kier alpha value is -2.07. The van der Waals surface area contributed by atoms with Gasteiger partial charge < -0.3 is 14.8 Å². The summed E-state index contributed by atoms with van der Waals surface area (Å²) >= 11 is 0. The summed E-state index contributed by atoms with van der Waals surface area (Å²) in [5, 5.41) is 5.10. The van der Waals surface area contributed by atoms with E-state index in [1.54, 1.807) is 7.11 Å². The Balaban J connectivity index is 1.91. The molecule has 134 valence electrons. The molecule has 2 aromatic rings. The third-order valence-electron chi connectivity index (χ3n) is 5.27. The second-order valence-corrected chi connectivity index (χ2v) is 6.92. The minimum Gasteiger partial charge on any atom is -0.496 e. The molecular weight excluding hydrogens is 314 g/mol. The molecule has 0 heterocycles. The van der Waals surface area contributed by atoms with Crippen molar-refractivity contribution >= 4 is 22.4 Å². The molecule has 4 heteroatoms. The molecule has 0 atom stereocenters. The normalized spacial score (nSPS) is 23.4. The number of fused-ring (bicyclic) bond motifs is 1. The van der Waals surface area contributed by atoms with E-state index in [-0.39, 0.29) is 5.91 Å². The van der Waals surface area contributed by atoms with Gasteiger partial charge in [-0.05, 0) is 50.7 Å². The highest BCUT2D eigenvalue weighted by Gasteiger charge is 2.42. The Morgan fingerprint density at radius 1 is 1.16 bits per heavy atom. The van der Waals surface area contributed by atoms with Gasteiger partial charge in [0.25, 0.3) is 5.91 Å². The third kappa shape index (κ3) is 3.49. The van der Waals surface area contributed by atoms with Crippen LogP contribution in [0.15, 0.2) is 36.4 Å². The van der Waals surface area contributed by atoms with Crippen molar-refractivity contribution in [3.8, 4) is 5.75 Å². The predicted octanol–water partition coefficient (Wildman–Crippen LogP) is 4.77. The molecular formula is C21H27NO3. The number of amides is 1. The van der Waals surface area contributed by atoms with E-state index in [0.29, 0.717) is 12.5 Å². The standard InChI is InChI=1S/C21H27NO3/c1-4-25-21(13-11-15(2)12-14-21)20(23)22-18-9-10-19(24-3)17-8-6-5-7-16(17)18/h5-10,15H,4,11-14H2,1-3H3,(H,22,23). The van der Waals surface area contributed by atoms with Gasteiger partial charge in [0.05, 0.1) is 7.11 Å². The maximum atomic E-state index is 13.1. The number of carbonyl (C=O) groups excluding carboxylic acids is 1. The van der Waals surface area contributed by atoms with Crippen molar-refractivity contribution in [1.82, 2.24) is 0 Å². The number of ether oxygens (including phenoxy) is 2. The summed E-state index contributed by atoms with van der Waals surface area (Å²) < 4.78 is 11.4. The van der Waals surface area contributed by atoms with Crippen LogP contribution < -0.4 is 10.1 Å². The van der Waals surface area contributed by atoms with Gasteiger partial charge in [0.1, 0.15) is 11.4 Å². The van der Waals surface area contributed by atoms with Gasteiger partial charge in [0.2, 0.25) is 0 Å². The van der Waals surface area contributed by atoms with Crippen LogP contribution in [-0.2, 0) is 9.53 Å². The van der Waals surface area contributed by atoms with Crippen LogP contribution in [0.4, 0.5) is 5.69 Å². The summed E-state index contributed by atoms with van der Waals surface area (Å²) in [4.78, 5) is 13.1. The van der Waals surface area contributed by atoms with Gasteiger partial charge in [-0.15, -0.1) is 0 Å². The van der Waals surface area contributed by atoms with Crippen LogP contribution in [0.25, 0.3) is 10.8 Å². The van der Waals surface area contributed by atoms with E-state index in [2.05, 4.69) is 12.2 Å². The van der Waals surface area contributed by atoms with Crippen LogP contribution in [0.2, 0.25) is 0 Å². The summed E-state index contributed by atoms with van der Waals surface area (Å²) in [6.45, 7) is 4.74. The quantitative estimate of drug-likeness (QED) is 0.852. The minimum absolute atomic E-state index is 0.0310. The molecule has 0 bridgehead atoms. The molecule has 0 spiro atoms. The van der Waals surface area contributed by atoms with Crippen LogP contribution in [0, 0.1) is 5.92 Å². The number of carbonyl (C=O) groups is 1. The summed E-state index contributed by atoms with van der Waals surface area (Å²) in [7, 11) is 1.66. The van der Waals surface area contributed by atoms with E-state index in [4.69, 9.17) is 9.47 Å². The van der Waals surface area contributed by atoms with Gasteiger partial charge in [-0.3, -0.25) is 4.79 Å².